The van der Waals surface area contributed by atoms with E-state index in [0.29, 0.717) is 12.1 Å². The number of amides is 4. The number of likely N-dealkylation sites (N-methyl/N-ethyl adjacent to an activating group) is 1. The van der Waals surface area contributed by atoms with Gasteiger partial charge in [-0.05, 0) is 29.2 Å². The van der Waals surface area contributed by atoms with Gasteiger partial charge in [-0.15, -0.1) is 0 Å². The lowest BCUT2D eigenvalue weighted by atomic mass is 10.2. The van der Waals surface area contributed by atoms with E-state index >= 15 is 0 Å². The van der Waals surface area contributed by atoms with Crippen molar-refractivity contribution in [2.45, 2.75) is 26.9 Å². The van der Waals surface area contributed by atoms with Crippen LogP contribution in [-0.2, 0) is 32.3 Å². The maximum absolute atomic E-state index is 13.1. The standard InChI is InChI=1S/C27H38N8O5/c1-20(2)13-33-18-26(39)31-35(15-22-10-7-11-23(36)12-22)17-25(38)28-32(3)16-24(37)29-34(19-27(40)30-33)14-21-8-5-4-6-9-21/h4-12,20,36H,13-19H2,1-3H3,(H,28,38)(H,29,37)(H,30,40)(H,31,39). The molecule has 2 aromatic carbocycles. The first-order valence-electron chi connectivity index (χ1n) is 13.0. The van der Waals surface area contributed by atoms with Crippen LogP contribution < -0.4 is 21.7 Å². The van der Waals surface area contributed by atoms with Crippen LogP contribution in [0.1, 0.15) is 25.0 Å². The predicted octanol–water partition coefficient (Wildman–Crippen LogP) is -0.275. The fraction of sp³-hybridized carbons (Fsp3) is 0.407. The minimum absolute atomic E-state index is 0.0561. The number of carbonyl (C=O) groups is 4. The van der Waals surface area contributed by atoms with E-state index in [2.05, 4.69) is 21.7 Å². The Labute approximate surface area is 234 Å². The number of benzene rings is 2. The van der Waals surface area contributed by atoms with Crippen molar-refractivity contribution >= 4 is 23.6 Å². The number of phenolic OH excluding ortho intramolecular Hbond substituents is 1. The zero-order valence-corrected chi connectivity index (χ0v) is 23.1. The second kappa shape index (κ2) is 14.9. The van der Waals surface area contributed by atoms with E-state index in [9.17, 15) is 24.3 Å². The topological polar surface area (TPSA) is 150 Å². The molecule has 0 atom stereocenters. The summed E-state index contributed by atoms with van der Waals surface area (Å²) in [6.07, 6.45) is 0. The summed E-state index contributed by atoms with van der Waals surface area (Å²) in [6, 6.07) is 15.8. The third-order valence-corrected chi connectivity index (χ3v) is 5.63. The molecule has 0 unspecified atom stereocenters. The molecular weight excluding hydrogens is 516 g/mol. The molecule has 1 saturated heterocycles. The summed E-state index contributed by atoms with van der Waals surface area (Å²) in [6.45, 7) is 3.94. The van der Waals surface area contributed by atoms with Gasteiger partial charge < -0.3 is 5.11 Å². The van der Waals surface area contributed by atoms with E-state index in [0.717, 1.165) is 5.56 Å². The number of phenols is 1. The Kier molecular flexibility index (Phi) is 11.4. The van der Waals surface area contributed by atoms with Crippen LogP contribution in [0.25, 0.3) is 0 Å². The molecule has 0 aromatic heterocycles. The number of nitrogens with zero attached hydrogens (tertiary/aromatic N) is 4. The van der Waals surface area contributed by atoms with Gasteiger partial charge in [-0.1, -0.05) is 56.3 Å². The Hall–Kier alpha value is -4.04. The van der Waals surface area contributed by atoms with Gasteiger partial charge in [0.1, 0.15) is 5.75 Å². The van der Waals surface area contributed by atoms with Crippen molar-refractivity contribution in [1.29, 1.82) is 0 Å². The van der Waals surface area contributed by atoms with Crippen molar-refractivity contribution in [3.8, 4) is 5.75 Å². The molecule has 0 aliphatic carbocycles. The molecule has 0 radical (unpaired) electrons. The van der Waals surface area contributed by atoms with Crippen molar-refractivity contribution in [2.75, 3.05) is 39.8 Å². The van der Waals surface area contributed by atoms with Crippen molar-refractivity contribution in [3.05, 3.63) is 65.7 Å². The number of hydrazine groups is 4. The van der Waals surface area contributed by atoms with Crippen LogP contribution in [0.2, 0.25) is 0 Å². The normalized spacial score (nSPS) is 18.2. The second-order valence-electron chi connectivity index (χ2n) is 10.1. The molecule has 13 nitrogen and oxygen atoms in total. The van der Waals surface area contributed by atoms with Gasteiger partial charge in [-0.25, -0.2) is 20.0 Å². The number of hydrogen-bond donors (Lipinski definition) is 5. The zero-order chi connectivity index (χ0) is 29.1. The maximum Gasteiger partial charge on any atom is 0.250 e. The second-order valence-corrected chi connectivity index (χ2v) is 10.1. The van der Waals surface area contributed by atoms with Crippen LogP contribution in [-0.4, -0.2) is 88.5 Å². The van der Waals surface area contributed by atoms with E-state index < -0.39 is 23.6 Å². The molecular formula is C27H38N8O5. The Bertz CT molecular complexity index is 1160. The van der Waals surface area contributed by atoms with Crippen LogP contribution in [0.4, 0.5) is 0 Å². The molecule has 1 fully saturated rings. The van der Waals surface area contributed by atoms with E-state index in [4.69, 9.17) is 0 Å². The first kappa shape index (κ1) is 30.5. The van der Waals surface area contributed by atoms with Crippen molar-refractivity contribution in [1.82, 2.24) is 41.7 Å². The molecule has 4 amide bonds. The maximum atomic E-state index is 13.1. The Balaban J connectivity index is 1.81. The molecule has 1 aliphatic heterocycles. The van der Waals surface area contributed by atoms with Crippen LogP contribution in [0.15, 0.2) is 54.6 Å². The molecule has 13 heteroatoms. The zero-order valence-electron chi connectivity index (χ0n) is 23.1. The summed E-state index contributed by atoms with van der Waals surface area (Å²) >= 11 is 0. The van der Waals surface area contributed by atoms with Crippen LogP contribution in [0.3, 0.4) is 0 Å². The van der Waals surface area contributed by atoms with Gasteiger partial charge >= 0.3 is 0 Å². The lowest BCUT2D eigenvalue weighted by molar-refractivity contribution is -0.136. The van der Waals surface area contributed by atoms with Gasteiger partial charge in [0.25, 0.3) is 0 Å². The van der Waals surface area contributed by atoms with Gasteiger partial charge in [0.05, 0.1) is 26.2 Å². The third kappa shape index (κ3) is 11.0. The lowest BCUT2D eigenvalue weighted by Crippen LogP contribution is -2.57. The SMILES string of the molecule is CC(C)CN1CC(=O)NN(Cc2cccc(O)c2)CC(=O)NN(C)CC(=O)NN(Cc2ccccc2)CC(=O)N1. The summed E-state index contributed by atoms with van der Waals surface area (Å²) in [4.78, 5) is 51.7. The monoisotopic (exact) mass is 554 g/mol. The molecule has 40 heavy (non-hydrogen) atoms. The summed E-state index contributed by atoms with van der Waals surface area (Å²) in [7, 11) is 1.54. The minimum atomic E-state index is -0.462. The van der Waals surface area contributed by atoms with Crippen LogP contribution in [0.5, 0.6) is 5.75 Å². The number of hydrogen-bond acceptors (Lipinski definition) is 9. The highest BCUT2D eigenvalue weighted by molar-refractivity contribution is 5.83. The van der Waals surface area contributed by atoms with E-state index in [-0.39, 0.29) is 50.9 Å². The van der Waals surface area contributed by atoms with Crippen molar-refractivity contribution in [3.63, 3.8) is 0 Å². The van der Waals surface area contributed by atoms with Crippen LogP contribution >= 0.6 is 0 Å². The first-order chi connectivity index (χ1) is 19.0. The summed E-state index contributed by atoms with van der Waals surface area (Å²) in [5.41, 5.74) is 12.4. The molecule has 1 heterocycles. The van der Waals surface area contributed by atoms with Gasteiger partial charge in [0.15, 0.2) is 0 Å². The Morgan fingerprint density at radius 1 is 0.675 bits per heavy atom. The third-order valence-electron chi connectivity index (χ3n) is 5.63. The fourth-order valence-electron chi connectivity index (χ4n) is 4.20. The Morgan fingerprint density at radius 3 is 1.77 bits per heavy atom. The number of rotatable bonds is 6. The largest absolute Gasteiger partial charge is 0.508 e. The number of nitrogens with one attached hydrogen (secondary N) is 4. The molecule has 0 saturated carbocycles. The highest BCUT2D eigenvalue weighted by Crippen LogP contribution is 2.12. The van der Waals surface area contributed by atoms with Crippen LogP contribution in [0, 0.1) is 5.92 Å². The van der Waals surface area contributed by atoms with Gasteiger partial charge in [-0.2, -0.15) is 0 Å². The molecule has 0 spiro atoms. The van der Waals surface area contributed by atoms with Gasteiger partial charge in [0, 0.05) is 26.7 Å². The quantitative estimate of drug-likeness (QED) is 0.325. The fourth-order valence-corrected chi connectivity index (χ4v) is 4.20. The summed E-state index contributed by atoms with van der Waals surface area (Å²) in [5.74, 6) is -1.55. The lowest BCUT2D eigenvalue weighted by Gasteiger charge is -2.30. The number of aromatic hydroxyl groups is 1. The first-order valence-corrected chi connectivity index (χ1v) is 13.0. The average Bonchev–Trinajstić information content (AvgIpc) is 2.83. The van der Waals surface area contributed by atoms with Crippen molar-refractivity contribution in [2.24, 2.45) is 5.92 Å². The molecule has 3 rings (SSSR count). The molecule has 2 aromatic rings. The molecule has 5 N–H and O–H groups in total. The predicted molar refractivity (Wildman–Crippen MR) is 147 cm³/mol. The number of carbonyl (C=O) groups excluding carboxylic acids is 4. The summed E-state index contributed by atoms with van der Waals surface area (Å²) in [5, 5.41) is 15.6. The minimum Gasteiger partial charge on any atom is -0.508 e. The van der Waals surface area contributed by atoms with Gasteiger partial charge in [0.2, 0.25) is 23.6 Å². The van der Waals surface area contributed by atoms with E-state index in [1.165, 1.54) is 39.2 Å². The van der Waals surface area contributed by atoms with Crippen molar-refractivity contribution < 1.29 is 24.3 Å². The molecule has 1 aliphatic rings. The smallest absolute Gasteiger partial charge is 0.250 e. The van der Waals surface area contributed by atoms with E-state index in [1.54, 1.807) is 12.1 Å². The van der Waals surface area contributed by atoms with Gasteiger partial charge in [-0.3, -0.25) is 40.9 Å². The molecule has 0 bridgehead atoms. The highest BCUT2D eigenvalue weighted by atomic mass is 16.3. The van der Waals surface area contributed by atoms with E-state index in [1.807, 2.05) is 44.2 Å². The average molecular weight is 555 g/mol. The Morgan fingerprint density at radius 2 is 1.18 bits per heavy atom. The highest BCUT2D eigenvalue weighted by Gasteiger charge is 2.22. The molecule has 216 valence electrons. The summed E-state index contributed by atoms with van der Waals surface area (Å²) < 4.78 is 0.